The zero-order chi connectivity index (χ0) is 8.82. The third kappa shape index (κ3) is 1.49. The summed E-state index contributed by atoms with van der Waals surface area (Å²) in [7, 11) is 0. The number of nitrogens with zero attached hydrogens (tertiary/aromatic N) is 1. The molecule has 0 saturated carbocycles. The Hall–Kier alpha value is -0.120. The lowest BCUT2D eigenvalue weighted by Crippen LogP contribution is -2.68. The maximum Gasteiger partial charge on any atom is 0.0569 e. The Morgan fingerprint density at radius 1 is 1.42 bits per heavy atom. The van der Waals surface area contributed by atoms with E-state index >= 15 is 0 Å². The third-order valence-electron chi connectivity index (χ3n) is 2.57. The van der Waals surface area contributed by atoms with Crippen LogP contribution in [0, 0.1) is 5.41 Å². The first-order chi connectivity index (χ1) is 5.49. The number of rotatable bonds is 2. The Balaban J connectivity index is 1.74. The largest absolute Gasteiger partial charge is 0.380 e. The van der Waals surface area contributed by atoms with Gasteiger partial charge >= 0.3 is 0 Å². The molecule has 0 atom stereocenters. The highest BCUT2D eigenvalue weighted by molar-refractivity contribution is 5.00. The molecule has 2 aliphatic rings. The van der Waals surface area contributed by atoms with Crippen molar-refractivity contribution in [3.8, 4) is 0 Å². The molecule has 2 saturated heterocycles. The van der Waals surface area contributed by atoms with Gasteiger partial charge in [-0.1, -0.05) is 0 Å². The quantitative estimate of drug-likeness (QED) is 0.636. The van der Waals surface area contributed by atoms with Crippen LogP contribution in [0.3, 0.4) is 0 Å². The van der Waals surface area contributed by atoms with Gasteiger partial charge in [0.1, 0.15) is 0 Å². The summed E-state index contributed by atoms with van der Waals surface area (Å²) in [5.41, 5.74) is 6.40. The van der Waals surface area contributed by atoms with Crippen molar-refractivity contribution in [2.24, 2.45) is 11.1 Å². The normalized spacial score (nSPS) is 28.2. The molecule has 3 nitrogen and oxygen atoms in total. The van der Waals surface area contributed by atoms with E-state index in [2.05, 4.69) is 18.7 Å². The molecule has 0 unspecified atom stereocenters. The smallest absolute Gasteiger partial charge is 0.0569 e. The van der Waals surface area contributed by atoms with E-state index < -0.39 is 0 Å². The van der Waals surface area contributed by atoms with E-state index in [1.807, 2.05) is 0 Å². The molecule has 2 N–H and O–H groups in total. The fourth-order valence-electron chi connectivity index (χ4n) is 2.16. The third-order valence-corrected chi connectivity index (χ3v) is 2.57. The van der Waals surface area contributed by atoms with Crippen molar-refractivity contribution < 1.29 is 4.74 Å². The van der Waals surface area contributed by atoms with Gasteiger partial charge in [-0.05, 0) is 13.8 Å². The van der Waals surface area contributed by atoms with Crippen LogP contribution in [0.15, 0.2) is 0 Å². The molecule has 2 fully saturated rings. The van der Waals surface area contributed by atoms with Crippen LogP contribution < -0.4 is 5.73 Å². The van der Waals surface area contributed by atoms with Gasteiger partial charge in [0, 0.05) is 30.6 Å². The second-order valence-electron chi connectivity index (χ2n) is 5.13. The van der Waals surface area contributed by atoms with Crippen molar-refractivity contribution in [2.75, 3.05) is 32.8 Å². The second-order valence-corrected chi connectivity index (χ2v) is 5.13. The molecule has 2 aliphatic heterocycles. The molecular weight excluding hydrogens is 152 g/mol. The van der Waals surface area contributed by atoms with Gasteiger partial charge in [0.2, 0.25) is 0 Å². The molecule has 0 aromatic rings. The SMILES string of the molecule is CC(C)(N)CN1CC2(COC2)C1. The average molecular weight is 170 g/mol. The Kier molecular flexibility index (Phi) is 1.72. The van der Waals surface area contributed by atoms with Crippen LogP contribution in [0.1, 0.15) is 13.8 Å². The van der Waals surface area contributed by atoms with E-state index in [-0.39, 0.29) is 5.54 Å². The van der Waals surface area contributed by atoms with Crippen molar-refractivity contribution in [1.29, 1.82) is 0 Å². The molecule has 70 valence electrons. The van der Waals surface area contributed by atoms with Gasteiger partial charge in [0.15, 0.2) is 0 Å². The van der Waals surface area contributed by atoms with Gasteiger partial charge < -0.3 is 10.5 Å². The van der Waals surface area contributed by atoms with Gasteiger partial charge in [-0.3, -0.25) is 4.90 Å². The van der Waals surface area contributed by atoms with Gasteiger partial charge in [-0.2, -0.15) is 0 Å². The number of nitrogens with two attached hydrogens (primary N) is 1. The number of hydrogen-bond donors (Lipinski definition) is 1. The monoisotopic (exact) mass is 170 g/mol. The zero-order valence-corrected chi connectivity index (χ0v) is 7.97. The summed E-state index contributed by atoms with van der Waals surface area (Å²) >= 11 is 0. The summed E-state index contributed by atoms with van der Waals surface area (Å²) < 4.78 is 5.20. The Morgan fingerprint density at radius 3 is 2.33 bits per heavy atom. The molecule has 2 heterocycles. The van der Waals surface area contributed by atoms with Crippen molar-refractivity contribution in [3.05, 3.63) is 0 Å². The van der Waals surface area contributed by atoms with Crippen LogP contribution in [0.25, 0.3) is 0 Å². The lowest BCUT2D eigenvalue weighted by atomic mass is 9.77. The van der Waals surface area contributed by atoms with E-state index in [0.717, 1.165) is 19.8 Å². The maximum atomic E-state index is 5.92. The molecule has 0 amide bonds. The number of likely N-dealkylation sites (tertiary alicyclic amines) is 1. The highest BCUT2D eigenvalue weighted by atomic mass is 16.5. The summed E-state index contributed by atoms with van der Waals surface area (Å²) in [5, 5.41) is 0. The molecule has 2 rings (SSSR count). The predicted molar refractivity (Wildman–Crippen MR) is 48.0 cm³/mol. The van der Waals surface area contributed by atoms with Gasteiger partial charge in [-0.25, -0.2) is 0 Å². The van der Waals surface area contributed by atoms with E-state index in [4.69, 9.17) is 10.5 Å². The standard InChI is InChI=1S/C9H18N2O/c1-8(2,10)3-11-4-9(5-11)6-12-7-9/h3-7,10H2,1-2H3. The summed E-state index contributed by atoms with van der Waals surface area (Å²) in [6.45, 7) is 9.48. The lowest BCUT2D eigenvalue weighted by Gasteiger charge is -2.56. The maximum absolute atomic E-state index is 5.92. The molecule has 12 heavy (non-hydrogen) atoms. The Labute approximate surface area is 73.9 Å². The van der Waals surface area contributed by atoms with Crippen LogP contribution in [0.2, 0.25) is 0 Å². The van der Waals surface area contributed by atoms with Crippen molar-refractivity contribution >= 4 is 0 Å². The highest BCUT2D eigenvalue weighted by Gasteiger charge is 2.49. The van der Waals surface area contributed by atoms with Crippen LogP contribution in [0.5, 0.6) is 0 Å². The molecule has 0 radical (unpaired) electrons. The lowest BCUT2D eigenvalue weighted by molar-refractivity contribution is -0.191. The van der Waals surface area contributed by atoms with Gasteiger partial charge in [-0.15, -0.1) is 0 Å². The topological polar surface area (TPSA) is 38.5 Å². The van der Waals surface area contributed by atoms with E-state index in [1.165, 1.54) is 13.1 Å². The summed E-state index contributed by atoms with van der Waals surface area (Å²) in [5.74, 6) is 0. The summed E-state index contributed by atoms with van der Waals surface area (Å²) in [4.78, 5) is 2.42. The van der Waals surface area contributed by atoms with Crippen LogP contribution in [0.4, 0.5) is 0 Å². The van der Waals surface area contributed by atoms with Crippen LogP contribution in [-0.4, -0.2) is 43.3 Å². The van der Waals surface area contributed by atoms with Crippen molar-refractivity contribution in [1.82, 2.24) is 4.90 Å². The second kappa shape index (κ2) is 2.44. The molecule has 0 aliphatic carbocycles. The number of ether oxygens (including phenoxy) is 1. The number of hydrogen-bond acceptors (Lipinski definition) is 3. The first-order valence-electron chi connectivity index (χ1n) is 4.58. The van der Waals surface area contributed by atoms with Gasteiger partial charge in [0.05, 0.1) is 13.2 Å². The first kappa shape index (κ1) is 8.48. The summed E-state index contributed by atoms with van der Waals surface area (Å²) in [6.07, 6.45) is 0. The van der Waals surface area contributed by atoms with Gasteiger partial charge in [0.25, 0.3) is 0 Å². The molecule has 1 spiro atoms. The molecule has 0 bridgehead atoms. The van der Waals surface area contributed by atoms with Crippen LogP contribution >= 0.6 is 0 Å². The predicted octanol–water partition coefficient (Wildman–Crippen LogP) is 0.0559. The minimum atomic E-state index is -0.0494. The molecule has 3 heteroatoms. The van der Waals surface area contributed by atoms with E-state index in [9.17, 15) is 0 Å². The van der Waals surface area contributed by atoms with Crippen LogP contribution in [-0.2, 0) is 4.74 Å². The Bertz CT molecular complexity index is 173. The first-order valence-corrected chi connectivity index (χ1v) is 4.58. The zero-order valence-electron chi connectivity index (χ0n) is 7.97. The molecule has 0 aromatic heterocycles. The molecule has 0 aromatic carbocycles. The van der Waals surface area contributed by atoms with Crippen molar-refractivity contribution in [2.45, 2.75) is 19.4 Å². The summed E-state index contributed by atoms with van der Waals surface area (Å²) in [6, 6.07) is 0. The minimum absolute atomic E-state index is 0.0494. The van der Waals surface area contributed by atoms with Crippen molar-refractivity contribution in [3.63, 3.8) is 0 Å². The Morgan fingerprint density at radius 2 is 2.00 bits per heavy atom. The molecular formula is C9H18N2O. The minimum Gasteiger partial charge on any atom is -0.380 e. The fraction of sp³-hybridized carbons (Fsp3) is 1.00. The average Bonchev–Trinajstić information content (AvgIpc) is 1.69. The highest BCUT2D eigenvalue weighted by Crippen LogP contribution is 2.37. The fourth-order valence-corrected chi connectivity index (χ4v) is 2.16. The van der Waals surface area contributed by atoms with E-state index in [1.54, 1.807) is 0 Å². The van der Waals surface area contributed by atoms with E-state index in [0.29, 0.717) is 5.41 Å².